The minimum absolute atomic E-state index is 0.796. The highest BCUT2D eigenvalue weighted by molar-refractivity contribution is 8.76. The Kier molecular flexibility index (Phi) is 5.07. The van der Waals surface area contributed by atoms with Crippen LogP contribution in [0.2, 0.25) is 5.82 Å². The van der Waals surface area contributed by atoms with E-state index in [9.17, 15) is 0 Å². The second-order valence-electron chi connectivity index (χ2n) is 2.21. The van der Waals surface area contributed by atoms with Crippen LogP contribution >= 0.6 is 21.6 Å². The summed E-state index contributed by atoms with van der Waals surface area (Å²) in [6.07, 6.45) is 2.13. The van der Waals surface area contributed by atoms with E-state index in [0.717, 1.165) is 11.1 Å². The highest BCUT2D eigenvalue weighted by Crippen LogP contribution is 2.29. The van der Waals surface area contributed by atoms with Crippen LogP contribution in [-0.4, -0.2) is 19.4 Å². The van der Waals surface area contributed by atoms with Gasteiger partial charge in [-0.15, -0.1) is 0 Å². The summed E-state index contributed by atoms with van der Waals surface area (Å²) in [7, 11) is 6.07. The molecule has 0 aromatic carbocycles. The number of hydrogen-bond donors (Lipinski definition) is 0. The maximum atomic E-state index is 2.27. The summed E-state index contributed by atoms with van der Waals surface area (Å²) in [5, 5.41) is 0.796. The van der Waals surface area contributed by atoms with E-state index in [1.807, 2.05) is 21.6 Å². The zero-order valence-corrected chi connectivity index (χ0v) is 7.60. The van der Waals surface area contributed by atoms with Gasteiger partial charge in [-0.1, -0.05) is 41.3 Å². The molecule has 0 nitrogen and oxygen atoms in total. The lowest BCUT2D eigenvalue weighted by atomic mass is 9.87. The van der Waals surface area contributed by atoms with Crippen molar-refractivity contribution in [3.63, 3.8) is 0 Å². The molecule has 0 saturated carbocycles. The van der Waals surface area contributed by atoms with Crippen LogP contribution in [0.3, 0.4) is 0 Å². The van der Waals surface area contributed by atoms with Crippen molar-refractivity contribution in [1.82, 2.24) is 0 Å². The third-order valence-electron chi connectivity index (χ3n) is 1.19. The molecule has 0 spiro atoms. The van der Waals surface area contributed by atoms with E-state index in [1.54, 1.807) is 0 Å². The van der Waals surface area contributed by atoms with E-state index in [2.05, 4.69) is 27.9 Å². The molecule has 0 aliphatic carbocycles. The molecule has 2 atom stereocenters. The molecule has 0 rings (SSSR count). The van der Waals surface area contributed by atoms with Crippen molar-refractivity contribution in [2.24, 2.45) is 0 Å². The van der Waals surface area contributed by atoms with E-state index in [0.29, 0.717) is 0 Å². The summed E-state index contributed by atoms with van der Waals surface area (Å²) < 4.78 is 0. The predicted octanol–water partition coefficient (Wildman–Crippen LogP) is 1.83. The van der Waals surface area contributed by atoms with Crippen molar-refractivity contribution in [2.45, 2.75) is 24.9 Å². The fourth-order valence-electron chi connectivity index (χ4n) is 0.263. The first-order chi connectivity index (χ1) is 3.68. The van der Waals surface area contributed by atoms with E-state index >= 15 is 0 Å². The first-order valence-corrected chi connectivity index (χ1v) is 5.50. The maximum Gasteiger partial charge on any atom is 0.106 e. The Hall–Kier alpha value is 0.765. The molecule has 8 heavy (non-hydrogen) atoms. The molecule has 0 bridgehead atoms. The standard InChI is InChI=1S/C5H13BS2/c1-4(6)5(2)8-7-3/h4-5H,6H2,1-3H3. The Morgan fingerprint density at radius 1 is 1.38 bits per heavy atom. The van der Waals surface area contributed by atoms with Crippen molar-refractivity contribution < 1.29 is 0 Å². The maximum absolute atomic E-state index is 2.27. The minimum Gasteiger partial charge on any atom is -0.0973 e. The van der Waals surface area contributed by atoms with Crippen LogP contribution in [0.15, 0.2) is 0 Å². The molecule has 0 fully saturated rings. The number of rotatable bonds is 3. The molecule has 0 aliphatic heterocycles. The van der Waals surface area contributed by atoms with Crippen LogP contribution in [0.1, 0.15) is 13.8 Å². The van der Waals surface area contributed by atoms with Gasteiger partial charge in [-0.3, -0.25) is 0 Å². The van der Waals surface area contributed by atoms with Crippen LogP contribution in [0.25, 0.3) is 0 Å². The van der Waals surface area contributed by atoms with Gasteiger partial charge in [-0.05, 0) is 6.26 Å². The minimum atomic E-state index is 0.796. The van der Waals surface area contributed by atoms with E-state index in [1.165, 1.54) is 0 Å². The van der Waals surface area contributed by atoms with Crippen molar-refractivity contribution >= 4 is 29.4 Å². The molecule has 0 aromatic rings. The van der Waals surface area contributed by atoms with Gasteiger partial charge in [0.25, 0.3) is 0 Å². The molecule has 0 saturated heterocycles. The molecule has 0 aliphatic rings. The van der Waals surface area contributed by atoms with E-state index in [4.69, 9.17) is 0 Å². The van der Waals surface area contributed by atoms with Crippen LogP contribution < -0.4 is 0 Å². The normalized spacial score (nSPS) is 17.9. The third-order valence-corrected chi connectivity index (χ3v) is 3.72. The summed E-state index contributed by atoms with van der Waals surface area (Å²) in [6.45, 7) is 4.53. The molecule has 0 radical (unpaired) electrons. The molecule has 0 amide bonds. The first-order valence-electron chi connectivity index (χ1n) is 2.88. The van der Waals surface area contributed by atoms with Gasteiger partial charge in [0.1, 0.15) is 7.85 Å². The molecular formula is C5H13BS2. The van der Waals surface area contributed by atoms with Crippen molar-refractivity contribution in [3.05, 3.63) is 0 Å². The zero-order chi connectivity index (χ0) is 6.57. The van der Waals surface area contributed by atoms with Gasteiger partial charge in [0.05, 0.1) is 0 Å². The lowest BCUT2D eigenvalue weighted by Crippen LogP contribution is -2.01. The van der Waals surface area contributed by atoms with Gasteiger partial charge in [-0.25, -0.2) is 0 Å². The quantitative estimate of drug-likeness (QED) is 0.442. The smallest absolute Gasteiger partial charge is 0.0973 e. The fraction of sp³-hybridized carbons (Fsp3) is 1.00. The molecule has 0 aromatic heterocycles. The highest BCUT2D eigenvalue weighted by Gasteiger charge is 2.04. The average Bonchev–Trinajstić information content (AvgIpc) is 1.67. The average molecular weight is 148 g/mol. The van der Waals surface area contributed by atoms with Gasteiger partial charge in [0, 0.05) is 5.25 Å². The van der Waals surface area contributed by atoms with E-state index < -0.39 is 0 Å². The Morgan fingerprint density at radius 3 is 2.00 bits per heavy atom. The molecule has 3 heteroatoms. The Bertz CT molecular complexity index is 56.4. The van der Waals surface area contributed by atoms with Crippen molar-refractivity contribution in [1.29, 1.82) is 0 Å². The fourth-order valence-corrected chi connectivity index (χ4v) is 2.37. The molecule has 0 N–H and O–H groups in total. The van der Waals surface area contributed by atoms with Crippen LogP contribution in [-0.2, 0) is 0 Å². The Balaban J connectivity index is 3.17. The highest BCUT2D eigenvalue weighted by atomic mass is 33.1. The van der Waals surface area contributed by atoms with Gasteiger partial charge in [-0.2, -0.15) is 0 Å². The molecular weight excluding hydrogens is 135 g/mol. The first kappa shape index (κ1) is 8.76. The molecule has 48 valence electrons. The second-order valence-corrected chi connectivity index (χ2v) is 5.06. The summed E-state index contributed by atoms with van der Waals surface area (Å²) in [5.41, 5.74) is 0. The van der Waals surface area contributed by atoms with Crippen molar-refractivity contribution in [3.8, 4) is 0 Å². The topological polar surface area (TPSA) is 0 Å². The Labute approximate surface area is 61.0 Å². The van der Waals surface area contributed by atoms with Gasteiger partial charge >= 0.3 is 0 Å². The third kappa shape index (κ3) is 3.73. The monoisotopic (exact) mass is 148 g/mol. The SMILES string of the molecule is BC(C)C(C)SSC. The van der Waals surface area contributed by atoms with Gasteiger partial charge < -0.3 is 0 Å². The Morgan fingerprint density at radius 2 is 1.88 bits per heavy atom. The summed E-state index contributed by atoms with van der Waals surface area (Å²) in [4.78, 5) is 0. The van der Waals surface area contributed by atoms with Crippen molar-refractivity contribution in [2.75, 3.05) is 6.26 Å². The van der Waals surface area contributed by atoms with Crippen LogP contribution in [0.4, 0.5) is 0 Å². The predicted molar refractivity (Wildman–Crippen MR) is 48.5 cm³/mol. The zero-order valence-electron chi connectivity index (χ0n) is 5.97. The molecule has 0 heterocycles. The second kappa shape index (κ2) is 4.63. The lowest BCUT2D eigenvalue weighted by molar-refractivity contribution is 0.906. The summed E-state index contributed by atoms with van der Waals surface area (Å²) >= 11 is 0. The van der Waals surface area contributed by atoms with Gasteiger partial charge in [0.2, 0.25) is 0 Å². The lowest BCUT2D eigenvalue weighted by Gasteiger charge is -2.11. The summed E-state index contributed by atoms with van der Waals surface area (Å²) in [6, 6.07) is 0. The van der Waals surface area contributed by atoms with Crippen LogP contribution in [0.5, 0.6) is 0 Å². The summed E-state index contributed by atoms with van der Waals surface area (Å²) in [5.74, 6) is 0.812. The molecule has 2 unspecified atom stereocenters. The van der Waals surface area contributed by atoms with Crippen LogP contribution in [0, 0.1) is 0 Å². The number of hydrogen-bond acceptors (Lipinski definition) is 2. The van der Waals surface area contributed by atoms with Gasteiger partial charge in [0.15, 0.2) is 0 Å². The van der Waals surface area contributed by atoms with E-state index in [-0.39, 0.29) is 0 Å². The largest absolute Gasteiger partial charge is 0.106 e.